The number of fused-ring (bicyclic) bond motifs is 1. The van der Waals surface area contributed by atoms with Crippen molar-refractivity contribution in [3.05, 3.63) is 63.5 Å². The lowest BCUT2D eigenvalue weighted by molar-refractivity contribution is 0.0956. The van der Waals surface area contributed by atoms with Gasteiger partial charge in [-0.1, -0.05) is 94.3 Å². The molecule has 33 heavy (non-hydrogen) atoms. The summed E-state index contributed by atoms with van der Waals surface area (Å²) in [7, 11) is 0. The van der Waals surface area contributed by atoms with Gasteiger partial charge in [0.2, 0.25) is 0 Å². The van der Waals surface area contributed by atoms with Gasteiger partial charge in [-0.3, -0.25) is 4.98 Å². The van der Waals surface area contributed by atoms with Crippen LogP contribution in [-0.4, -0.2) is 10.1 Å². The molecule has 0 saturated heterocycles. The largest absolute Gasteiger partial charge is 0.388 e. The van der Waals surface area contributed by atoms with E-state index in [-0.39, 0.29) is 14.8 Å². The predicted molar refractivity (Wildman–Crippen MR) is 145 cm³/mol. The monoisotopic (exact) mass is 557 g/mol. The highest BCUT2D eigenvalue weighted by Crippen LogP contribution is 2.54. The number of aromatic nitrogens is 1. The van der Waals surface area contributed by atoms with Crippen molar-refractivity contribution in [2.45, 2.75) is 113 Å². The molecule has 0 unspecified atom stereocenters. The number of pyridine rings is 1. The van der Waals surface area contributed by atoms with E-state index < -0.39 is 6.10 Å². The number of alkyl halides is 1. The minimum atomic E-state index is -0.413. The van der Waals surface area contributed by atoms with E-state index in [1.807, 2.05) is 0 Å². The first-order valence-electron chi connectivity index (χ1n) is 13.1. The van der Waals surface area contributed by atoms with Crippen molar-refractivity contribution < 1.29 is 5.11 Å². The van der Waals surface area contributed by atoms with Crippen LogP contribution in [0.4, 0.5) is 0 Å². The number of aliphatic hydroxyl groups excluding tert-OH is 1. The second-order valence-corrected chi connectivity index (χ2v) is 13.7. The van der Waals surface area contributed by atoms with Crippen molar-refractivity contribution in [1.29, 1.82) is 0 Å². The van der Waals surface area contributed by atoms with E-state index >= 15 is 0 Å². The normalized spacial score (nSPS) is 24.7. The van der Waals surface area contributed by atoms with E-state index in [1.54, 1.807) is 0 Å². The Hall–Kier alpha value is -0.940. The molecule has 2 fully saturated rings. The summed E-state index contributed by atoms with van der Waals surface area (Å²) in [4.78, 5) is 5.36. The molecular formula is C30H40INO. The lowest BCUT2D eigenvalue weighted by atomic mass is 9.67. The highest BCUT2D eigenvalue weighted by Gasteiger charge is 2.43. The first-order valence-corrected chi connectivity index (χ1v) is 14.3. The van der Waals surface area contributed by atoms with Gasteiger partial charge in [-0.15, -0.1) is 0 Å². The first kappa shape index (κ1) is 23.8. The van der Waals surface area contributed by atoms with E-state index in [0.717, 1.165) is 18.8 Å². The molecule has 1 aromatic carbocycles. The number of hydrogen-bond acceptors (Lipinski definition) is 2. The molecule has 1 aromatic heterocycles. The first-order chi connectivity index (χ1) is 15.6. The summed E-state index contributed by atoms with van der Waals surface area (Å²) in [6.45, 7) is 11.6. The Morgan fingerprint density at radius 1 is 1.03 bits per heavy atom. The lowest BCUT2D eigenvalue weighted by Crippen LogP contribution is -2.33. The smallest absolute Gasteiger partial charge is 0.0815 e. The molecule has 3 heteroatoms. The minimum Gasteiger partial charge on any atom is -0.388 e. The summed E-state index contributed by atoms with van der Waals surface area (Å²) >= 11 is 2.66. The van der Waals surface area contributed by atoms with Gasteiger partial charge >= 0.3 is 0 Å². The minimum absolute atomic E-state index is 0.0887. The topological polar surface area (TPSA) is 33.1 Å². The Kier molecular flexibility index (Phi) is 6.21. The van der Waals surface area contributed by atoms with Crippen LogP contribution in [0.5, 0.6) is 0 Å². The molecule has 3 aliphatic carbocycles. The zero-order valence-electron chi connectivity index (χ0n) is 21.0. The lowest BCUT2D eigenvalue weighted by Gasteiger charge is -2.41. The van der Waals surface area contributed by atoms with E-state index in [4.69, 9.17) is 4.98 Å². The highest BCUT2D eigenvalue weighted by molar-refractivity contribution is 14.1. The SMILES string of the molecule is CC(C)c1nc2c(c(C3(C)CCCC3)c1[C@H](I)c1ccc(C3CC3)cc1)[C@@H](O)CC(C)(C)C2. The van der Waals surface area contributed by atoms with Gasteiger partial charge in [0.25, 0.3) is 0 Å². The highest BCUT2D eigenvalue weighted by atomic mass is 127. The van der Waals surface area contributed by atoms with E-state index in [1.165, 1.54) is 77.7 Å². The van der Waals surface area contributed by atoms with Crippen molar-refractivity contribution in [2.24, 2.45) is 5.41 Å². The van der Waals surface area contributed by atoms with Crippen LogP contribution >= 0.6 is 22.6 Å². The molecule has 0 radical (unpaired) electrons. The number of aliphatic hydroxyl groups is 1. The van der Waals surface area contributed by atoms with Gasteiger partial charge in [-0.25, -0.2) is 0 Å². The molecule has 2 aromatic rings. The predicted octanol–water partition coefficient (Wildman–Crippen LogP) is 8.44. The number of nitrogens with zero attached hydrogens (tertiary/aromatic N) is 1. The summed E-state index contributed by atoms with van der Waals surface area (Å²) in [5, 5.41) is 11.5. The average molecular weight is 558 g/mol. The van der Waals surface area contributed by atoms with Crippen molar-refractivity contribution >= 4 is 22.6 Å². The van der Waals surface area contributed by atoms with Gasteiger partial charge in [0.1, 0.15) is 0 Å². The Bertz CT molecular complexity index is 1030. The van der Waals surface area contributed by atoms with Crippen LogP contribution in [-0.2, 0) is 11.8 Å². The van der Waals surface area contributed by atoms with Crippen molar-refractivity contribution in [2.75, 3.05) is 0 Å². The summed E-state index contributed by atoms with van der Waals surface area (Å²) < 4.78 is 0.251. The second-order valence-electron chi connectivity index (χ2n) is 12.4. The van der Waals surface area contributed by atoms with Gasteiger partial charge in [0.05, 0.1) is 10.0 Å². The molecule has 0 amide bonds. The van der Waals surface area contributed by atoms with Gasteiger partial charge in [0, 0.05) is 17.0 Å². The molecule has 1 N–H and O–H groups in total. The van der Waals surface area contributed by atoms with Crippen LogP contribution in [0.2, 0.25) is 0 Å². The van der Waals surface area contributed by atoms with Gasteiger partial charge in [-0.2, -0.15) is 0 Å². The molecule has 2 nitrogen and oxygen atoms in total. The van der Waals surface area contributed by atoms with Crippen molar-refractivity contribution in [3.63, 3.8) is 0 Å². The number of benzene rings is 1. The third-order valence-corrected chi connectivity index (χ3v) is 9.84. The number of rotatable bonds is 5. The second kappa shape index (κ2) is 8.62. The quantitative estimate of drug-likeness (QED) is 0.296. The van der Waals surface area contributed by atoms with Crippen molar-refractivity contribution in [1.82, 2.24) is 4.98 Å². The molecule has 2 atom stereocenters. The average Bonchev–Trinajstić information content (AvgIpc) is 3.51. The van der Waals surface area contributed by atoms with Gasteiger partial charge in [0.15, 0.2) is 0 Å². The maximum absolute atomic E-state index is 11.5. The van der Waals surface area contributed by atoms with Gasteiger partial charge in [-0.05, 0) is 83.4 Å². The van der Waals surface area contributed by atoms with E-state index in [9.17, 15) is 5.11 Å². The molecule has 1 heterocycles. The van der Waals surface area contributed by atoms with E-state index in [2.05, 4.69) is 81.5 Å². The van der Waals surface area contributed by atoms with Crippen LogP contribution < -0.4 is 0 Å². The fourth-order valence-corrected chi connectivity index (χ4v) is 7.65. The van der Waals surface area contributed by atoms with Crippen LogP contribution in [0.15, 0.2) is 24.3 Å². The maximum Gasteiger partial charge on any atom is 0.0815 e. The molecule has 0 aliphatic heterocycles. The third-order valence-electron chi connectivity index (χ3n) is 8.49. The molecular weight excluding hydrogens is 517 g/mol. The van der Waals surface area contributed by atoms with Crippen molar-refractivity contribution in [3.8, 4) is 0 Å². The third kappa shape index (κ3) is 4.42. The summed E-state index contributed by atoms with van der Waals surface area (Å²) in [5.74, 6) is 1.15. The van der Waals surface area contributed by atoms with Gasteiger partial charge < -0.3 is 5.11 Å². The summed E-state index contributed by atoms with van der Waals surface area (Å²) in [6.07, 6.45) is 9.07. The maximum atomic E-state index is 11.5. The Morgan fingerprint density at radius 2 is 1.67 bits per heavy atom. The Labute approximate surface area is 214 Å². The molecule has 0 bridgehead atoms. The zero-order valence-corrected chi connectivity index (χ0v) is 23.2. The van der Waals surface area contributed by atoms with Crippen LogP contribution in [0.25, 0.3) is 0 Å². The molecule has 2 saturated carbocycles. The van der Waals surface area contributed by atoms with Crippen LogP contribution in [0.1, 0.15) is 141 Å². The molecule has 0 spiro atoms. The zero-order chi connectivity index (χ0) is 23.5. The van der Waals surface area contributed by atoms with Crippen LogP contribution in [0, 0.1) is 5.41 Å². The fraction of sp³-hybridized carbons (Fsp3) is 0.633. The molecule has 3 aliphatic rings. The van der Waals surface area contributed by atoms with E-state index in [0.29, 0.717) is 5.92 Å². The molecule has 178 valence electrons. The molecule has 5 rings (SSSR count). The number of halogens is 1. The fourth-order valence-electron chi connectivity index (χ4n) is 6.60. The Balaban J connectivity index is 1.72. The van der Waals surface area contributed by atoms with Crippen LogP contribution in [0.3, 0.4) is 0 Å². The Morgan fingerprint density at radius 3 is 2.24 bits per heavy atom. The number of hydrogen-bond donors (Lipinski definition) is 1. The summed E-state index contributed by atoms with van der Waals surface area (Å²) in [6, 6.07) is 9.42. The summed E-state index contributed by atoms with van der Waals surface area (Å²) in [5.41, 5.74) is 9.57. The standard InChI is InChI=1S/C30H40INO/c1-18(2)28-25(27(31)21-12-10-20(11-13-21)19-8-9-19)26(30(5)14-6-7-15-30)24-22(32-28)16-29(3,4)17-23(24)33/h10-13,18-19,23,27,33H,6-9,14-17H2,1-5H3/t23-,27+/m0/s1.